The zero-order valence-corrected chi connectivity index (χ0v) is 8.88. The lowest BCUT2D eigenvalue weighted by Crippen LogP contribution is -1.82. The van der Waals surface area contributed by atoms with Gasteiger partial charge in [0, 0.05) is 5.56 Å². The maximum atomic E-state index is 4.06. The standard InChI is InChI=1S/C13H10N3/c1-9-5-7-10(8-6-9)11-3-2-4-12-13(11)15-16-14-12/h2-8H,1H3. The van der Waals surface area contributed by atoms with Crippen LogP contribution in [0.5, 0.6) is 0 Å². The fourth-order valence-electron chi connectivity index (χ4n) is 1.80. The van der Waals surface area contributed by atoms with E-state index in [2.05, 4.69) is 47.0 Å². The monoisotopic (exact) mass is 208 g/mol. The Morgan fingerprint density at radius 3 is 2.56 bits per heavy atom. The van der Waals surface area contributed by atoms with Gasteiger partial charge in [0.1, 0.15) is 11.4 Å². The van der Waals surface area contributed by atoms with E-state index in [9.17, 15) is 0 Å². The summed E-state index contributed by atoms with van der Waals surface area (Å²) in [5.41, 5.74) is 9.16. The maximum absolute atomic E-state index is 4.06. The van der Waals surface area contributed by atoms with E-state index in [1.807, 2.05) is 18.2 Å². The van der Waals surface area contributed by atoms with Crippen molar-refractivity contribution in [2.24, 2.45) is 10.3 Å². The highest BCUT2D eigenvalue weighted by molar-refractivity contribution is 5.83. The number of aryl methyl sites for hydroxylation is 1. The van der Waals surface area contributed by atoms with Crippen LogP contribution in [0.1, 0.15) is 5.56 Å². The van der Waals surface area contributed by atoms with Crippen molar-refractivity contribution in [2.75, 3.05) is 0 Å². The fraction of sp³-hybridized carbons (Fsp3) is 0.0769. The molecule has 0 fully saturated rings. The summed E-state index contributed by atoms with van der Waals surface area (Å²) in [6.45, 7) is 2.08. The predicted octanol–water partition coefficient (Wildman–Crippen LogP) is 3.91. The number of hydrogen-bond acceptors (Lipinski definition) is 2. The molecule has 1 radical (unpaired) electrons. The van der Waals surface area contributed by atoms with Gasteiger partial charge in [-0.2, -0.15) is 0 Å². The topological polar surface area (TPSA) is 38.8 Å². The molecule has 0 N–H and O–H groups in total. The fourth-order valence-corrected chi connectivity index (χ4v) is 1.80. The smallest absolute Gasteiger partial charge is 0.123 e. The molecule has 1 aliphatic rings. The lowest BCUT2D eigenvalue weighted by Gasteiger charge is -2.04. The Kier molecular flexibility index (Phi) is 1.96. The summed E-state index contributed by atoms with van der Waals surface area (Å²) in [7, 11) is 0. The minimum absolute atomic E-state index is 0.845. The van der Waals surface area contributed by atoms with Crippen LogP contribution in [0.4, 0.5) is 11.4 Å². The van der Waals surface area contributed by atoms with Gasteiger partial charge in [0.05, 0.1) is 0 Å². The molecular formula is C13H10N3. The van der Waals surface area contributed by atoms with Crippen molar-refractivity contribution < 1.29 is 0 Å². The number of benzene rings is 2. The molecule has 0 aliphatic carbocycles. The third kappa shape index (κ3) is 1.37. The second-order valence-electron chi connectivity index (χ2n) is 3.83. The van der Waals surface area contributed by atoms with Crippen molar-refractivity contribution in [3.63, 3.8) is 0 Å². The van der Waals surface area contributed by atoms with E-state index in [4.69, 9.17) is 0 Å². The van der Waals surface area contributed by atoms with Crippen LogP contribution in [0, 0.1) is 6.92 Å². The van der Waals surface area contributed by atoms with Gasteiger partial charge < -0.3 is 0 Å². The van der Waals surface area contributed by atoms with Gasteiger partial charge in [0.25, 0.3) is 0 Å². The molecule has 77 valence electrons. The molecule has 0 unspecified atom stereocenters. The van der Waals surface area contributed by atoms with Crippen LogP contribution in [0.2, 0.25) is 0 Å². The Hall–Kier alpha value is -2.16. The van der Waals surface area contributed by atoms with E-state index < -0.39 is 0 Å². The minimum atomic E-state index is 0.845. The van der Waals surface area contributed by atoms with Gasteiger partial charge in [-0.1, -0.05) is 42.0 Å². The number of hydrogen-bond donors (Lipinski definition) is 0. The van der Waals surface area contributed by atoms with Crippen molar-refractivity contribution >= 4 is 11.4 Å². The van der Waals surface area contributed by atoms with Gasteiger partial charge in [-0.25, -0.2) is 0 Å². The largest absolute Gasteiger partial charge is 0.128 e. The van der Waals surface area contributed by atoms with E-state index in [0.29, 0.717) is 0 Å². The molecule has 0 aromatic heterocycles. The van der Waals surface area contributed by atoms with Crippen LogP contribution in [0.25, 0.3) is 11.1 Å². The van der Waals surface area contributed by atoms with E-state index in [1.165, 1.54) is 5.56 Å². The van der Waals surface area contributed by atoms with E-state index >= 15 is 0 Å². The van der Waals surface area contributed by atoms with Crippen LogP contribution in [0.15, 0.2) is 52.8 Å². The molecular weight excluding hydrogens is 198 g/mol. The summed E-state index contributed by atoms with van der Waals surface area (Å²) in [5.74, 6) is 0. The second kappa shape index (κ2) is 3.45. The average molecular weight is 208 g/mol. The quantitative estimate of drug-likeness (QED) is 0.681. The van der Waals surface area contributed by atoms with Crippen molar-refractivity contribution in [1.82, 2.24) is 5.43 Å². The summed E-state index contributed by atoms with van der Waals surface area (Å²) in [6.07, 6.45) is 0. The highest BCUT2D eigenvalue weighted by Gasteiger charge is 2.14. The molecule has 3 heteroatoms. The molecule has 0 amide bonds. The van der Waals surface area contributed by atoms with Crippen molar-refractivity contribution in [3.8, 4) is 11.1 Å². The molecule has 0 spiro atoms. The molecule has 16 heavy (non-hydrogen) atoms. The first-order valence-corrected chi connectivity index (χ1v) is 5.16. The summed E-state index contributed by atoms with van der Waals surface area (Å²) in [6, 6.07) is 14.3. The number of fused-ring (bicyclic) bond motifs is 1. The van der Waals surface area contributed by atoms with Crippen LogP contribution in [-0.2, 0) is 0 Å². The first kappa shape index (κ1) is 9.09. The zero-order valence-electron chi connectivity index (χ0n) is 8.88. The lowest BCUT2D eigenvalue weighted by atomic mass is 10.0. The van der Waals surface area contributed by atoms with Crippen LogP contribution >= 0.6 is 0 Å². The van der Waals surface area contributed by atoms with E-state index in [0.717, 1.165) is 22.5 Å². The van der Waals surface area contributed by atoms with Crippen molar-refractivity contribution in [3.05, 3.63) is 48.0 Å². The Morgan fingerprint density at radius 1 is 0.938 bits per heavy atom. The first-order chi connectivity index (χ1) is 7.84. The van der Waals surface area contributed by atoms with Gasteiger partial charge in [0.15, 0.2) is 0 Å². The Balaban J connectivity index is 2.17. The SMILES string of the molecule is Cc1ccc(-c2cccc3c2N=N[N]3)cc1. The summed E-state index contributed by atoms with van der Waals surface area (Å²) in [4.78, 5) is 0. The van der Waals surface area contributed by atoms with Crippen LogP contribution in [-0.4, -0.2) is 0 Å². The third-order valence-electron chi connectivity index (χ3n) is 2.67. The first-order valence-electron chi connectivity index (χ1n) is 5.16. The molecule has 3 rings (SSSR count). The molecule has 1 heterocycles. The van der Waals surface area contributed by atoms with Gasteiger partial charge in [-0.15, -0.1) is 10.5 Å². The average Bonchev–Trinajstić information content (AvgIpc) is 2.78. The second-order valence-corrected chi connectivity index (χ2v) is 3.83. The molecule has 0 saturated carbocycles. The highest BCUT2D eigenvalue weighted by Crippen LogP contribution is 2.39. The lowest BCUT2D eigenvalue weighted by molar-refractivity contribution is 0.923. The number of nitrogens with zero attached hydrogens (tertiary/aromatic N) is 3. The van der Waals surface area contributed by atoms with Crippen LogP contribution < -0.4 is 5.43 Å². The number of rotatable bonds is 1. The minimum Gasteiger partial charge on any atom is -0.128 e. The predicted molar refractivity (Wildman–Crippen MR) is 62.9 cm³/mol. The third-order valence-corrected chi connectivity index (χ3v) is 2.67. The highest BCUT2D eigenvalue weighted by atomic mass is 15.5. The summed E-state index contributed by atoms with van der Waals surface area (Å²) >= 11 is 0. The summed E-state index contributed by atoms with van der Waals surface area (Å²) < 4.78 is 0. The van der Waals surface area contributed by atoms with Gasteiger partial charge in [0.2, 0.25) is 0 Å². The molecule has 2 aromatic rings. The summed E-state index contributed by atoms with van der Waals surface area (Å²) in [5, 5.41) is 7.76. The maximum Gasteiger partial charge on any atom is 0.123 e. The molecule has 0 atom stereocenters. The molecule has 1 aliphatic heterocycles. The molecule has 0 saturated heterocycles. The van der Waals surface area contributed by atoms with Gasteiger partial charge in [-0.05, 0) is 23.8 Å². The van der Waals surface area contributed by atoms with E-state index in [-0.39, 0.29) is 0 Å². The Bertz CT molecular complexity index is 556. The zero-order chi connectivity index (χ0) is 11.0. The Labute approximate surface area is 93.8 Å². The van der Waals surface area contributed by atoms with Gasteiger partial charge >= 0.3 is 0 Å². The van der Waals surface area contributed by atoms with Crippen molar-refractivity contribution in [2.45, 2.75) is 6.92 Å². The van der Waals surface area contributed by atoms with Crippen molar-refractivity contribution in [1.29, 1.82) is 0 Å². The van der Waals surface area contributed by atoms with E-state index in [1.54, 1.807) is 0 Å². The van der Waals surface area contributed by atoms with Crippen LogP contribution in [0.3, 0.4) is 0 Å². The Morgan fingerprint density at radius 2 is 1.75 bits per heavy atom. The van der Waals surface area contributed by atoms with Gasteiger partial charge in [-0.3, -0.25) is 0 Å². The molecule has 3 nitrogen and oxygen atoms in total. The normalized spacial score (nSPS) is 12.3. The molecule has 0 bridgehead atoms. The molecule has 2 aromatic carbocycles.